The highest BCUT2D eigenvalue weighted by Crippen LogP contribution is 2.30. The summed E-state index contributed by atoms with van der Waals surface area (Å²) in [6.45, 7) is 7.37. The van der Waals surface area contributed by atoms with Crippen molar-refractivity contribution in [1.29, 1.82) is 0 Å². The monoisotopic (exact) mass is 281 g/mol. The van der Waals surface area contributed by atoms with Gasteiger partial charge in [0, 0.05) is 6.54 Å². The number of nitrogens with zero attached hydrogens (tertiary/aromatic N) is 2. The Morgan fingerprint density at radius 3 is 2.90 bits per heavy atom. The predicted octanol–water partition coefficient (Wildman–Crippen LogP) is 2.00. The molecule has 0 spiro atoms. The minimum Gasteiger partial charge on any atom is -0.461 e. The number of ether oxygens (including phenoxy) is 1. The molecule has 0 aliphatic carbocycles. The Balaban J connectivity index is 1.86. The Kier molecular flexibility index (Phi) is 4.65. The summed E-state index contributed by atoms with van der Waals surface area (Å²) in [6, 6.07) is 0.383. The standard InChI is InChI=1S/C14H23N3O3/c1-4-19-12(18)11-9-20-13(16-11)15-10-14(2)5-7-17(3)8-6-14/h9H,4-8,10H2,1-3H3,(H,15,16). The first-order valence-electron chi connectivity index (χ1n) is 7.07. The summed E-state index contributed by atoms with van der Waals surface area (Å²) in [6.07, 6.45) is 3.61. The van der Waals surface area contributed by atoms with E-state index >= 15 is 0 Å². The number of oxazole rings is 1. The van der Waals surface area contributed by atoms with Crippen LogP contribution in [0, 0.1) is 5.41 Å². The van der Waals surface area contributed by atoms with Gasteiger partial charge < -0.3 is 19.4 Å². The van der Waals surface area contributed by atoms with E-state index in [4.69, 9.17) is 9.15 Å². The van der Waals surface area contributed by atoms with Gasteiger partial charge in [-0.25, -0.2) is 4.79 Å². The van der Waals surface area contributed by atoms with Crippen molar-refractivity contribution in [1.82, 2.24) is 9.88 Å². The second-order valence-corrected chi connectivity index (χ2v) is 5.73. The maximum absolute atomic E-state index is 11.5. The van der Waals surface area contributed by atoms with Gasteiger partial charge in [0.25, 0.3) is 6.01 Å². The van der Waals surface area contributed by atoms with Crippen molar-refractivity contribution in [3.05, 3.63) is 12.0 Å². The lowest BCUT2D eigenvalue weighted by Gasteiger charge is -2.37. The largest absolute Gasteiger partial charge is 0.461 e. The van der Waals surface area contributed by atoms with E-state index in [1.54, 1.807) is 6.92 Å². The van der Waals surface area contributed by atoms with Crippen molar-refractivity contribution in [3.63, 3.8) is 0 Å². The fourth-order valence-electron chi connectivity index (χ4n) is 2.28. The maximum atomic E-state index is 11.5. The van der Waals surface area contributed by atoms with Gasteiger partial charge in [0.15, 0.2) is 5.69 Å². The minimum atomic E-state index is -0.449. The Hall–Kier alpha value is -1.56. The summed E-state index contributed by atoms with van der Waals surface area (Å²) in [4.78, 5) is 17.9. The average Bonchev–Trinajstić information content (AvgIpc) is 2.90. The molecule has 0 atom stereocenters. The number of carbonyl (C=O) groups excluding carboxylic acids is 1. The van der Waals surface area contributed by atoms with Crippen LogP contribution in [0.25, 0.3) is 0 Å². The highest BCUT2D eigenvalue weighted by molar-refractivity contribution is 5.87. The highest BCUT2D eigenvalue weighted by Gasteiger charge is 2.29. The van der Waals surface area contributed by atoms with Crippen LogP contribution in [0.1, 0.15) is 37.2 Å². The van der Waals surface area contributed by atoms with E-state index in [0.29, 0.717) is 12.6 Å². The molecule has 1 aromatic heterocycles. The van der Waals surface area contributed by atoms with Gasteiger partial charge >= 0.3 is 5.97 Å². The third-order valence-corrected chi connectivity index (χ3v) is 3.85. The number of likely N-dealkylation sites (tertiary alicyclic amines) is 1. The van der Waals surface area contributed by atoms with E-state index in [1.807, 2.05) is 0 Å². The van der Waals surface area contributed by atoms with Crippen molar-refractivity contribution in [3.8, 4) is 0 Å². The van der Waals surface area contributed by atoms with E-state index in [9.17, 15) is 4.79 Å². The molecule has 6 heteroatoms. The Labute approximate surface area is 119 Å². The number of esters is 1. The summed E-state index contributed by atoms with van der Waals surface area (Å²) < 4.78 is 10.1. The molecule has 1 saturated heterocycles. The van der Waals surface area contributed by atoms with Gasteiger partial charge in [0.1, 0.15) is 6.26 Å². The molecule has 0 saturated carbocycles. The first-order valence-corrected chi connectivity index (χ1v) is 7.07. The summed E-state index contributed by atoms with van der Waals surface area (Å²) in [5.41, 5.74) is 0.452. The Bertz CT molecular complexity index is 450. The van der Waals surface area contributed by atoms with E-state index < -0.39 is 5.97 Å². The van der Waals surface area contributed by atoms with Crippen LogP contribution in [0.15, 0.2) is 10.7 Å². The number of nitrogens with one attached hydrogen (secondary N) is 1. The average molecular weight is 281 g/mol. The fraction of sp³-hybridized carbons (Fsp3) is 0.714. The van der Waals surface area contributed by atoms with Gasteiger partial charge in [-0.15, -0.1) is 0 Å². The lowest BCUT2D eigenvalue weighted by atomic mass is 9.80. The molecule has 0 unspecified atom stereocenters. The van der Waals surface area contributed by atoms with E-state index in [0.717, 1.165) is 32.5 Å². The van der Waals surface area contributed by atoms with E-state index in [-0.39, 0.29) is 11.1 Å². The molecule has 0 amide bonds. The second kappa shape index (κ2) is 6.26. The second-order valence-electron chi connectivity index (χ2n) is 5.73. The van der Waals surface area contributed by atoms with Crippen LogP contribution >= 0.6 is 0 Å². The normalized spacial score (nSPS) is 18.8. The van der Waals surface area contributed by atoms with Gasteiger partial charge in [0.05, 0.1) is 6.61 Å². The molecule has 1 aliphatic heterocycles. The Morgan fingerprint density at radius 1 is 1.55 bits per heavy atom. The summed E-state index contributed by atoms with van der Waals surface area (Å²) in [5.74, 6) is -0.449. The minimum absolute atomic E-state index is 0.211. The molecule has 6 nitrogen and oxygen atoms in total. The zero-order chi connectivity index (χ0) is 14.6. The first-order chi connectivity index (χ1) is 9.52. The zero-order valence-electron chi connectivity index (χ0n) is 12.4. The number of anilines is 1. The Morgan fingerprint density at radius 2 is 2.25 bits per heavy atom. The van der Waals surface area contributed by atoms with Crippen LogP contribution in [0.4, 0.5) is 6.01 Å². The number of aromatic nitrogens is 1. The number of carbonyl (C=O) groups is 1. The molecule has 2 rings (SSSR count). The molecule has 1 aliphatic rings. The van der Waals surface area contributed by atoms with Gasteiger partial charge in [-0.3, -0.25) is 0 Å². The van der Waals surface area contributed by atoms with E-state index in [1.165, 1.54) is 6.26 Å². The first kappa shape index (κ1) is 14.8. The van der Waals surface area contributed by atoms with Crippen molar-refractivity contribution in [2.75, 3.05) is 38.6 Å². The molecule has 112 valence electrons. The molecule has 2 heterocycles. The van der Waals surface area contributed by atoms with Crippen molar-refractivity contribution < 1.29 is 13.9 Å². The SMILES string of the molecule is CCOC(=O)c1coc(NCC2(C)CCN(C)CC2)n1. The smallest absolute Gasteiger partial charge is 0.360 e. The molecule has 1 aromatic rings. The molecule has 1 fully saturated rings. The zero-order valence-corrected chi connectivity index (χ0v) is 12.4. The van der Waals surface area contributed by atoms with Crippen LogP contribution in [0.2, 0.25) is 0 Å². The number of piperidine rings is 1. The topological polar surface area (TPSA) is 67.6 Å². The fourth-order valence-corrected chi connectivity index (χ4v) is 2.28. The van der Waals surface area contributed by atoms with Crippen LogP contribution < -0.4 is 5.32 Å². The van der Waals surface area contributed by atoms with Crippen LogP contribution in [0.5, 0.6) is 0 Å². The highest BCUT2D eigenvalue weighted by atomic mass is 16.5. The van der Waals surface area contributed by atoms with Crippen LogP contribution in [0.3, 0.4) is 0 Å². The summed E-state index contributed by atoms with van der Waals surface area (Å²) in [7, 11) is 2.15. The number of hydrogen-bond donors (Lipinski definition) is 1. The van der Waals surface area contributed by atoms with Crippen molar-refractivity contribution in [2.24, 2.45) is 5.41 Å². The number of rotatable bonds is 5. The lowest BCUT2D eigenvalue weighted by molar-refractivity contribution is 0.0519. The van der Waals surface area contributed by atoms with Gasteiger partial charge in [0.2, 0.25) is 0 Å². The lowest BCUT2D eigenvalue weighted by Crippen LogP contribution is -2.40. The maximum Gasteiger partial charge on any atom is 0.360 e. The third kappa shape index (κ3) is 3.72. The van der Waals surface area contributed by atoms with Crippen LogP contribution in [-0.2, 0) is 4.74 Å². The van der Waals surface area contributed by atoms with Gasteiger partial charge in [-0.2, -0.15) is 4.98 Å². The summed E-state index contributed by atoms with van der Waals surface area (Å²) >= 11 is 0. The molecular formula is C14H23N3O3. The van der Waals surface area contributed by atoms with Crippen molar-refractivity contribution >= 4 is 12.0 Å². The van der Waals surface area contributed by atoms with Gasteiger partial charge in [-0.05, 0) is 45.3 Å². The molecule has 20 heavy (non-hydrogen) atoms. The molecule has 1 N–H and O–H groups in total. The van der Waals surface area contributed by atoms with E-state index in [2.05, 4.69) is 29.2 Å². The number of hydrogen-bond acceptors (Lipinski definition) is 6. The molecule has 0 radical (unpaired) electrons. The molecular weight excluding hydrogens is 258 g/mol. The summed E-state index contributed by atoms with van der Waals surface area (Å²) in [5, 5.41) is 3.18. The van der Waals surface area contributed by atoms with Gasteiger partial charge in [-0.1, -0.05) is 6.92 Å². The predicted molar refractivity (Wildman–Crippen MR) is 75.8 cm³/mol. The van der Waals surface area contributed by atoms with Crippen LogP contribution in [-0.4, -0.2) is 49.1 Å². The third-order valence-electron chi connectivity index (χ3n) is 3.85. The quantitative estimate of drug-likeness (QED) is 0.833. The molecule has 0 aromatic carbocycles. The van der Waals surface area contributed by atoms with Crippen molar-refractivity contribution in [2.45, 2.75) is 26.7 Å². The molecule has 0 bridgehead atoms.